The lowest BCUT2D eigenvalue weighted by Crippen LogP contribution is -2.22. The number of rotatable bonds is 9. The van der Waals surface area contributed by atoms with Gasteiger partial charge < -0.3 is 14.8 Å². The van der Waals surface area contributed by atoms with Crippen molar-refractivity contribution < 1.29 is 33.4 Å². The van der Waals surface area contributed by atoms with E-state index in [1.807, 2.05) is 0 Å². The highest BCUT2D eigenvalue weighted by Gasteiger charge is 2.26. The van der Waals surface area contributed by atoms with Gasteiger partial charge in [0.25, 0.3) is 5.91 Å². The van der Waals surface area contributed by atoms with E-state index in [0.717, 1.165) is 11.3 Å². The molecular weight excluding hydrogens is 470 g/mol. The second-order valence-electron chi connectivity index (χ2n) is 7.40. The number of Topliss-reactive ketones (excluding diaryl/α,β-unsaturated/α-hetero) is 1. The topological polar surface area (TPSA) is 116 Å². The number of amides is 1. The van der Waals surface area contributed by atoms with E-state index in [0.29, 0.717) is 16.0 Å². The molecule has 0 radical (unpaired) electrons. The zero-order valence-corrected chi connectivity index (χ0v) is 20.2. The number of carbonyl (C=O) groups is 5. The van der Waals surface area contributed by atoms with E-state index < -0.39 is 24.5 Å². The fourth-order valence-electron chi connectivity index (χ4n) is 3.36. The fraction of sp³-hybridized carbons (Fsp3) is 0.192. The second kappa shape index (κ2) is 11.3. The van der Waals surface area contributed by atoms with Gasteiger partial charge in [-0.2, -0.15) is 0 Å². The van der Waals surface area contributed by atoms with Crippen LogP contribution in [0.4, 0.5) is 5.00 Å². The highest BCUT2D eigenvalue weighted by molar-refractivity contribution is 7.18. The third-order valence-electron chi connectivity index (χ3n) is 4.96. The molecule has 1 N–H and O–H groups in total. The SMILES string of the molecule is CCOC(=O)c1c(NC(=O)COC(=O)c2ccccc2C(=O)c2ccccc2)sc(C(C)=O)c1C. The molecule has 3 aromatic rings. The van der Waals surface area contributed by atoms with Gasteiger partial charge in [-0.15, -0.1) is 11.3 Å². The smallest absolute Gasteiger partial charge is 0.341 e. The third-order valence-corrected chi connectivity index (χ3v) is 6.27. The van der Waals surface area contributed by atoms with Crippen LogP contribution in [0, 0.1) is 6.92 Å². The number of anilines is 1. The van der Waals surface area contributed by atoms with Crippen molar-refractivity contribution in [2.24, 2.45) is 0 Å². The van der Waals surface area contributed by atoms with Crippen LogP contribution in [0.5, 0.6) is 0 Å². The average molecular weight is 494 g/mol. The van der Waals surface area contributed by atoms with Crippen LogP contribution in [0.1, 0.15) is 65.7 Å². The van der Waals surface area contributed by atoms with Gasteiger partial charge in [-0.05, 0) is 32.4 Å². The van der Waals surface area contributed by atoms with E-state index in [2.05, 4.69) is 5.32 Å². The monoisotopic (exact) mass is 493 g/mol. The van der Waals surface area contributed by atoms with Crippen molar-refractivity contribution in [2.75, 3.05) is 18.5 Å². The minimum Gasteiger partial charge on any atom is -0.462 e. The number of hydrogen-bond acceptors (Lipinski definition) is 8. The molecule has 0 bridgehead atoms. The lowest BCUT2D eigenvalue weighted by molar-refractivity contribution is -0.119. The molecule has 180 valence electrons. The Morgan fingerprint density at radius 1 is 0.857 bits per heavy atom. The van der Waals surface area contributed by atoms with Gasteiger partial charge in [0.15, 0.2) is 18.2 Å². The van der Waals surface area contributed by atoms with Crippen LogP contribution in [0.25, 0.3) is 0 Å². The lowest BCUT2D eigenvalue weighted by atomic mass is 9.98. The van der Waals surface area contributed by atoms with Crippen LogP contribution >= 0.6 is 11.3 Å². The number of benzene rings is 2. The Kier molecular flexibility index (Phi) is 8.27. The van der Waals surface area contributed by atoms with Gasteiger partial charge >= 0.3 is 11.9 Å². The number of thiophene rings is 1. The standard InChI is InChI=1S/C26H23NO7S/c1-4-33-26(32)21-15(2)23(16(3)28)35-24(21)27-20(29)14-34-25(31)19-13-9-8-12-18(19)22(30)17-10-6-5-7-11-17/h5-13H,4,14H2,1-3H3,(H,27,29). The maximum Gasteiger partial charge on any atom is 0.341 e. The molecule has 0 aliphatic rings. The van der Waals surface area contributed by atoms with Crippen LogP contribution in [0.2, 0.25) is 0 Å². The van der Waals surface area contributed by atoms with E-state index in [1.165, 1.54) is 19.1 Å². The van der Waals surface area contributed by atoms with Crippen molar-refractivity contribution in [3.63, 3.8) is 0 Å². The molecule has 9 heteroatoms. The van der Waals surface area contributed by atoms with Crippen LogP contribution < -0.4 is 5.32 Å². The second-order valence-corrected chi connectivity index (χ2v) is 8.42. The minimum atomic E-state index is -0.850. The van der Waals surface area contributed by atoms with Crippen molar-refractivity contribution in [3.05, 3.63) is 87.3 Å². The Morgan fingerprint density at radius 2 is 1.49 bits per heavy atom. The number of ether oxygens (including phenoxy) is 2. The third kappa shape index (κ3) is 5.88. The van der Waals surface area contributed by atoms with Crippen molar-refractivity contribution in [1.82, 2.24) is 0 Å². The summed E-state index contributed by atoms with van der Waals surface area (Å²) in [5, 5.41) is 2.65. The first-order chi connectivity index (χ1) is 16.7. The molecule has 1 heterocycles. The van der Waals surface area contributed by atoms with E-state index in [-0.39, 0.29) is 39.9 Å². The fourth-order valence-corrected chi connectivity index (χ4v) is 4.47. The molecule has 0 fully saturated rings. The van der Waals surface area contributed by atoms with E-state index in [4.69, 9.17) is 9.47 Å². The van der Waals surface area contributed by atoms with E-state index in [1.54, 1.807) is 56.3 Å². The number of ketones is 2. The number of esters is 2. The van der Waals surface area contributed by atoms with Crippen molar-refractivity contribution >= 4 is 45.8 Å². The van der Waals surface area contributed by atoms with Gasteiger partial charge in [-0.3, -0.25) is 14.4 Å². The Morgan fingerprint density at radius 3 is 2.11 bits per heavy atom. The van der Waals surface area contributed by atoms with Crippen LogP contribution in [0.15, 0.2) is 54.6 Å². The predicted molar refractivity (Wildman–Crippen MR) is 130 cm³/mol. The molecule has 0 atom stereocenters. The summed E-state index contributed by atoms with van der Waals surface area (Å²) in [5.74, 6) is -2.85. The molecule has 0 saturated heterocycles. The summed E-state index contributed by atoms with van der Waals surface area (Å²) in [6.07, 6.45) is 0. The van der Waals surface area contributed by atoms with E-state index >= 15 is 0 Å². The molecule has 8 nitrogen and oxygen atoms in total. The normalized spacial score (nSPS) is 10.4. The molecule has 1 amide bonds. The minimum absolute atomic E-state index is 0.0206. The molecule has 3 rings (SSSR count). The van der Waals surface area contributed by atoms with Gasteiger partial charge in [0.2, 0.25) is 0 Å². The first-order valence-electron chi connectivity index (χ1n) is 10.7. The largest absolute Gasteiger partial charge is 0.462 e. The summed E-state index contributed by atoms with van der Waals surface area (Å²) in [4.78, 5) is 62.7. The number of carbonyl (C=O) groups excluding carboxylic acids is 5. The first-order valence-corrected chi connectivity index (χ1v) is 11.5. The zero-order valence-electron chi connectivity index (χ0n) is 19.4. The molecule has 0 aliphatic carbocycles. The van der Waals surface area contributed by atoms with Crippen molar-refractivity contribution in [2.45, 2.75) is 20.8 Å². The van der Waals surface area contributed by atoms with Crippen molar-refractivity contribution in [3.8, 4) is 0 Å². The molecule has 1 aromatic heterocycles. The summed E-state index contributed by atoms with van der Waals surface area (Å²) in [6, 6.07) is 14.6. The van der Waals surface area contributed by atoms with Crippen LogP contribution in [-0.4, -0.2) is 42.6 Å². The van der Waals surface area contributed by atoms with Gasteiger partial charge in [0.1, 0.15) is 5.00 Å². The maximum absolute atomic E-state index is 12.8. The predicted octanol–water partition coefficient (Wildman–Crippen LogP) is 4.46. The summed E-state index contributed by atoms with van der Waals surface area (Å²) in [6.45, 7) is 4.05. The van der Waals surface area contributed by atoms with Crippen LogP contribution in [-0.2, 0) is 14.3 Å². The number of hydrogen-bond donors (Lipinski definition) is 1. The highest BCUT2D eigenvalue weighted by Crippen LogP contribution is 2.34. The maximum atomic E-state index is 12.8. The Labute approximate surface area is 205 Å². The van der Waals surface area contributed by atoms with Gasteiger partial charge in [-0.25, -0.2) is 9.59 Å². The van der Waals surface area contributed by atoms with Crippen LogP contribution in [0.3, 0.4) is 0 Å². The van der Waals surface area contributed by atoms with Gasteiger partial charge in [0, 0.05) is 11.1 Å². The number of nitrogens with one attached hydrogen (secondary N) is 1. The summed E-state index contributed by atoms with van der Waals surface area (Å²) in [5.41, 5.74) is 1.06. The highest BCUT2D eigenvalue weighted by atomic mass is 32.1. The Balaban J connectivity index is 1.75. The Hall–Kier alpha value is -4.11. The van der Waals surface area contributed by atoms with Crippen molar-refractivity contribution in [1.29, 1.82) is 0 Å². The lowest BCUT2D eigenvalue weighted by Gasteiger charge is -2.10. The molecule has 0 aliphatic heterocycles. The average Bonchev–Trinajstić information content (AvgIpc) is 3.18. The summed E-state index contributed by atoms with van der Waals surface area (Å²) < 4.78 is 10.2. The molecule has 35 heavy (non-hydrogen) atoms. The van der Waals surface area contributed by atoms with Gasteiger partial charge in [-0.1, -0.05) is 48.5 Å². The molecule has 0 unspecified atom stereocenters. The molecular formula is C26H23NO7S. The molecule has 0 spiro atoms. The van der Waals surface area contributed by atoms with E-state index in [9.17, 15) is 24.0 Å². The summed E-state index contributed by atoms with van der Waals surface area (Å²) >= 11 is 0.944. The van der Waals surface area contributed by atoms with Gasteiger partial charge in [0.05, 0.1) is 22.6 Å². The first kappa shape index (κ1) is 25.5. The molecule has 0 saturated carbocycles. The quantitative estimate of drug-likeness (QED) is 0.345. The zero-order chi connectivity index (χ0) is 25.5. The molecule has 2 aromatic carbocycles. The Bertz CT molecular complexity index is 1290. The summed E-state index contributed by atoms with van der Waals surface area (Å²) in [7, 11) is 0.